The van der Waals surface area contributed by atoms with Crippen LogP contribution in [0.3, 0.4) is 0 Å². The number of hydrogen-bond donors (Lipinski definition) is 2. The molecule has 0 fully saturated rings. The quantitative estimate of drug-likeness (QED) is 0.558. The molecule has 100 valence electrons. The van der Waals surface area contributed by atoms with Gasteiger partial charge >= 0.3 is 17.9 Å². The van der Waals surface area contributed by atoms with Gasteiger partial charge < -0.3 is 14.9 Å². The van der Waals surface area contributed by atoms with Crippen molar-refractivity contribution in [2.24, 2.45) is 0 Å². The van der Waals surface area contributed by atoms with Crippen LogP contribution in [0, 0.1) is 0 Å². The van der Waals surface area contributed by atoms with Crippen LogP contribution in [0.25, 0.3) is 0 Å². The third-order valence-electron chi connectivity index (χ3n) is 1.49. The molecule has 0 aliphatic heterocycles. The second-order valence-corrected chi connectivity index (χ2v) is 3.50. The van der Waals surface area contributed by atoms with E-state index in [1.165, 1.54) is 6.92 Å². The molecule has 1 atom stereocenters. The van der Waals surface area contributed by atoms with Gasteiger partial charge in [-0.05, 0) is 19.8 Å². The molecule has 0 aliphatic carbocycles. The summed E-state index contributed by atoms with van der Waals surface area (Å²) in [5.41, 5.74) is 0. The third-order valence-corrected chi connectivity index (χ3v) is 1.49. The molecule has 1 unspecified atom stereocenters. The van der Waals surface area contributed by atoms with E-state index in [0.717, 1.165) is 0 Å². The predicted molar refractivity (Wildman–Crippen MR) is 60.2 cm³/mol. The van der Waals surface area contributed by atoms with Crippen molar-refractivity contribution in [1.29, 1.82) is 0 Å². The van der Waals surface area contributed by atoms with Crippen molar-refractivity contribution in [3.05, 3.63) is 0 Å². The van der Waals surface area contributed by atoms with Gasteiger partial charge in [-0.3, -0.25) is 14.4 Å². The summed E-state index contributed by atoms with van der Waals surface area (Å²) >= 11 is 0. The highest BCUT2D eigenvalue weighted by atomic mass is 16.6. The predicted octanol–water partition coefficient (Wildman–Crippen LogP) is 1.11. The highest BCUT2D eigenvalue weighted by Gasteiger charge is 2.02. The summed E-state index contributed by atoms with van der Waals surface area (Å²) in [5.74, 6) is -1.83. The van der Waals surface area contributed by atoms with E-state index in [0.29, 0.717) is 19.3 Å². The molecule has 0 radical (unpaired) electrons. The summed E-state index contributed by atoms with van der Waals surface area (Å²) in [4.78, 5) is 30.3. The first kappa shape index (κ1) is 17.9. The van der Waals surface area contributed by atoms with Crippen LogP contribution in [0.15, 0.2) is 0 Å². The smallest absolute Gasteiger partial charge is 0.313 e. The first-order chi connectivity index (χ1) is 7.79. The second kappa shape index (κ2) is 11.1. The summed E-state index contributed by atoms with van der Waals surface area (Å²) in [6, 6.07) is 0. The molecule has 0 spiro atoms. The lowest BCUT2D eigenvalue weighted by molar-refractivity contribution is -0.158. The highest BCUT2D eigenvalue weighted by Crippen LogP contribution is 1.93. The lowest BCUT2D eigenvalue weighted by Gasteiger charge is -1.97. The molecule has 0 saturated heterocycles. The Kier molecular flexibility index (Phi) is 11.7. The standard InChI is InChI=1S/C6H10O3.C5H10O3/c1-3-4-6(8)9-5(2)7;1-4(6)2-3-5(7)8/h3-4H2,1-2H3;4,6H,2-3H2,1H3,(H,7,8). The average molecular weight is 248 g/mol. The molecule has 6 nitrogen and oxygen atoms in total. The van der Waals surface area contributed by atoms with Crippen LogP contribution in [-0.2, 0) is 19.1 Å². The van der Waals surface area contributed by atoms with E-state index >= 15 is 0 Å². The van der Waals surface area contributed by atoms with Crippen LogP contribution in [0.1, 0.15) is 46.5 Å². The molecule has 0 bridgehead atoms. The number of aliphatic carboxylic acids is 1. The number of aliphatic hydroxyl groups is 1. The normalized spacial score (nSPS) is 10.8. The summed E-state index contributed by atoms with van der Waals surface area (Å²) in [5, 5.41) is 16.6. The Morgan fingerprint density at radius 3 is 2.00 bits per heavy atom. The van der Waals surface area contributed by atoms with E-state index in [1.807, 2.05) is 6.92 Å². The van der Waals surface area contributed by atoms with E-state index in [-0.39, 0.29) is 6.42 Å². The second-order valence-electron chi connectivity index (χ2n) is 3.50. The van der Waals surface area contributed by atoms with Crippen molar-refractivity contribution in [2.45, 2.75) is 52.6 Å². The van der Waals surface area contributed by atoms with E-state index in [9.17, 15) is 14.4 Å². The summed E-state index contributed by atoms with van der Waals surface area (Å²) < 4.78 is 4.21. The number of esters is 2. The van der Waals surface area contributed by atoms with Crippen LogP contribution < -0.4 is 0 Å². The molecule has 0 aromatic rings. The van der Waals surface area contributed by atoms with E-state index < -0.39 is 24.0 Å². The number of rotatable bonds is 5. The summed E-state index contributed by atoms with van der Waals surface area (Å²) in [7, 11) is 0. The average Bonchev–Trinajstić information content (AvgIpc) is 2.14. The fourth-order valence-electron chi connectivity index (χ4n) is 0.748. The molecule has 0 aliphatic rings. The number of ether oxygens (including phenoxy) is 1. The maximum Gasteiger partial charge on any atom is 0.313 e. The number of carboxylic acids is 1. The van der Waals surface area contributed by atoms with Crippen molar-refractivity contribution < 1.29 is 29.3 Å². The molecule has 6 heteroatoms. The maximum absolute atomic E-state index is 10.4. The fraction of sp³-hybridized carbons (Fsp3) is 0.727. The van der Waals surface area contributed by atoms with Gasteiger partial charge in [-0.15, -0.1) is 0 Å². The lowest BCUT2D eigenvalue weighted by Crippen LogP contribution is -2.07. The molecule has 0 aromatic carbocycles. The first-order valence-electron chi connectivity index (χ1n) is 5.40. The van der Waals surface area contributed by atoms with Gasteiger partial charge in [0.1, 0.15) is 0 Å². The maximum atomic E-state index is 10.4. The fourth-order valence-corrected chi connectivity index (χ4v) is 0.748. The van der Waals surface area contributed by atoms with Gasteiger partial charge in [0.25, 0.3) is 0 Å². The molecule has 2 N–H and O–H groups in total. The minimum absolute atomic E-state index is 0.0532. The van der Waals surface area contributed by atoms with Crippen molar-refractivity contribution in [1.82, 2.24) is 0 Å². The zero-order chi connectivity index (χ0) is 13.8. The molecule has 0 rings (SSSR count). The van der Waals surface area contributed by atoms with Crippen molar-refractivity contribution >= 4 is 17.9 Å². The lowest BCUT2D eigenvalue weighted by atomic mass is 10.2. The minimum Gasteiger partial charge on any atom is -0.481 e. The number of carbonyl (C=O) groups excluding carboxylic acids is 2. The van der Waals surface area contributed by atoms with E-state index in [4.69, 9.17) is 10.2 Å². The zero-order valence-corrected chi connectivity index (χ0v) is 10.4. The number of aliphatic hydroxyl groups excluding tert-OH is 1. The molecule has 17 heavy (non-hydrogen) atoms. The van der Waals surface area contributed by atoms with Gasteiger partial charge in [-0.2, -0.15) is 0 Å². The van der Waals surface area contributed by atoms with Crippen LogP contribution in [0.5, 0.6) is 0 Å². The Hall–Kier alpha value is -1.43. The molecule has 0 amide bonds. The monoisotopic (exact) mass is 248 g/mol. The van der Waals surface area contributed by atoms with Crippen LogP contribution >= 0.6 is 0 Å². The topological polar surface area (TPSA) is 101 Å². The zero-order valence-electron chi connectivity index (χ0n) is 10.4. The van der Waals surface area contributed by atoms with Gasteiger partial charge in [0, 0.05) is 19.8 Å². The van der Waals surface area contributed by atoms with Crippen molar-refractivity contribution in [2.75, 3.05) is 0 Å². The summed E-state index contributed by atoms with van der Waals surface area (Å²) in [6.07, 6.45) is 0.935. The van der Waals surface area contributed by atoms with E-state index in [2.05, 4.69) is 4.74 Å². The largest absolute Gasteiger partial charge is 0.481 e. The van der Waals surface area contributed by atoms with Crippen molar-refractivity contribution in [3.8, 4) is 0 Å². The third kappa shape index (κ3) is 20.6. The Bertz CT molecular complexity index is 246. The van der Waals surface area contributed by atoms with Gasteiger partial charge in [-0.25, -0.2) is 0 Å². The Balaban J connectivity index is 0. The van der Waals surface area contributed by atoms with Crippen LogP contribution in [-0.4, -0.2) is 34.2 Å². The Morgan fingerprint density at radius 2 is 1.76 bits per heavy atom. The minimum atomic E-state index is -0.856. The van der Waals surface area contributed by atoms with Gasteiger partial charge in [0.05, 0.1) is 6.10 Å². The molecular weight excluding hydrogens is 228 g/mol. The van der Waals surface area contributed by atoms with Gasteiger partial charge in [0.15, 0.2) is 0 Å². The van der Waals surface area contributed by atoms with Crippen molar-refractivity contribution in [3.63, 3.8) is 0 Å². The van der Waals surface area contributed by atoms with Gasteiger partial charge in [0.2, 0.25) is 0 Å². The Labute approximate surface area is 101 Å². The van der Waals surface area contributed by atoms with E-state index in [1.54, 1.807) is 6.92 Å². The Morgan fingerprint density at radius 1 is 1.24 bits per heavy atom. The highest BCUT2D eigenvalue weighted by molar-refractivity contribution is 5.83. The molecule has 0 saturated carbocycles. The van der Waals surface area contributed by atoms with Crippen LogP contribution in [0.2, 0.25) is 0 Å². The SMILES string of the molecule is CC(O)CCC(=O)O.CCCC(=O)OC(C)=O. The van der Waals surface area contributed by atoms with Crippen LogP contribution in [0.4, 0.5) is 0 Å². The first-order valence-corrected chi connectivity index (χ1v) is 5.40. The van der Waals surface area contributed by atoms with Gasteiger partial charge in [-0.1, -0.05) is 6.92 Å². The molecule has 0 aromatic heterocycles. The molecular formula is C11H20O6. The number of carboxylic acid groups (broad SMARTS) is 1. The molecule has 0 heterocycles. The summed E-state index contributed by atoms with van der Waals surface area (Å²) in [6.45, 7) is 4.64. The number of carbonyl (C=O) groups is 3. The number of hydrogen-bond acceptors (Lipinski definition) is 5.